The third kappa shape index (κ3) is 4.21. The van der Waals surface area contributed by atoms with E-state index < -0.39 is 5.41 Å². The maximum Gasteiger partial charge on any atom is 0.0723 e. The zero-order chi connectivity index (χ0) is 36.0. The van der Waals surface area contributed by atoms with Crippen LogP contribution in [0.15, 0.2) is 187 Å². The third-order valence-corrected chi connectivity index (χ3v) is 12.9. The molecule has 5 aliphatic rings. The third-order valence-electron chi connectivity index (χ3n) is 12.9. The molecule has 1 nitrogen and oxygen atoms in total. The van der Waals surface area contributed by atoms with Gasteiger partial charge in [-0.05, 0) is 116 Å². The van der Waals surface area contributed by atoms with Gasteiger partial charge >= 0.3 is 0 Å². The fourth-order valence-corrected chi connectivity index (χ4v) is 10.5. The van der Waals surface area contributed by atoms with E-state index >= 15 is 0 Å². The topological polar surface area (TPSA) is 3.24 Å². The standard InChI is InChI=1S/C53H41N/c1-52(2)44-22-12-9-19-39(44)42-33-32-38(34-49(42)52)54(37-30-28-36(29-31-37)35-16-5-3-6-17-35)50-27-15-26-48-51(50)43-21-11-14-25-47(43)53(48)45-23-8-4-7-18-40(45)41-20-10-13-24-46(41)53/h3-11,13-17,19-21,23-34H,12,18,22H2,1-2H3. The molecule has 0 fully saturated rings. The van der Waals surface area contributed by atoms with Crippen LogP contribution in [-0.2, 0) is 10.8 Å². The predicted octanol–water partition coefficient (Wildman–Crippen LogP) is 13.8. The van der Waals surface area contributed by atoms with Crippen molar-refractivity contribution in [1.82, 2.24) is 0 Å². The molecule has 6 aromatic carbocycles. The molecule has 0 aromatic heterocycles. The van der Waals surface area contributed by atoms with Crippen LogP contribution in [-0.4, -0.2) is 0 Å². The molecule has 1 unspecified atom stereocenters. The SMILES string of the molecule is CC1(C)C2=C(C=CCC2)c2ccc(N(c3ccc(-c4ccccc4)cc3)c3cccc4c3-c3ccccc3C43C4=C(CC=CC=C4)c4ccccc43)cc21. The molecule has 5 aliphatic carbocycles. The largest absolute Gasteiger partial charge is 0.310 e. The number of fused-ring (bicyclic) bond motifs is 11. The van der Waals surface area contributed by atoms with Crippen LogP contribution in [0, 0.1) is 0 Å². The Morgan fingerprint density at radius 3 is 2.07 bits per heavy atom. The van der Waals surface area contributed by atoms with Gasteiger partial charge in [0.15, 0.2) is 0 Å². The summed E-state index contributed by atoms with van der Waals surface area (Å²) in [6.45, 7) is 4.85. The van der Waals surface area contributed by atoms with Gasteiger partial charge in [0.05, 0.1) is 11.1 Å². The number of allylic oxidation sites excluding steroid dienone is 10. The molecule has 0 N–H and O–H groups in total. The highest BCUT2D eigenvalue weighted by molar-refractivity contribution is 6.02. The molecule has 0 aliphatic heterocycles. The number of hydrogen-bond acceptors (Lipinski definition) is 1. The lowest BCUT2D eigenvalue weighted by Gasteiger charge is -2.33. The minimum Gasteiger partial charge on any atom is -0.310 e. The van der Waals surface area contributed by atoms with E-state index in [4.69, 9.17) is 0 Å². The van der Waals surface area contributed by atoms with Gasteiger partial charge in [0, 0.05) is 22.4 Å². The Kier molecular flexibility index (Phi) is 6.77. The van der Waals surface area contributed by atoms with Crippen molar-refractivity contribution >= 4 is 28.2 Å². The molecule has 0 saturated heterocycles. The Morgan fingerprint density at radius 2 is 1.24 bits per heavy atom. The second kappa shape index (κ2) is 11.7. The predicted molar refractivity (Wildman–Crippen MR) is 226 cm³/mol. The monoisotopic (exact) mass is 691 g/mol. The molecule has 1 spiro atoms. The zero-order valence-corrected chi connectivity index (χ0v) is 30.8. The Balaban J connectivity index is 1.17. The van der Waals surface area contributed by atoms with E-state index in [1.54, 1.807) is 5.57 Å². The molecule has 6 aromatic rings. The lowest BCUT2D eigenvalue weighted by Crippen LogP contribution is -2.27. The highest BCUT2D eigenvalue weighted by atomic mass is 15.1. The van der Waals surface area contributed by atoms with Crippen LogP contribution in [0.3, 0.4) is 0 Å². The van der Waals surface area contributed by atoms with Gasteiger partial charge in [0.25, 0.3) is 0 Å². The van der Waals surface area contributed by atoms with Crippen LogP contribution < -0.4 is 4.90 Å². The van der Waals surface area contributed by atoms with Crippen molar-refractivity contribution in [3.8, 4) is 22.3 Å². The quantitative estimate of drug-likeness (QED) is 0.178. The fraction of sp³-hybridized carbons (Fsp3) is 0.132. The van der Waals surface area contributed by atoms with E-state index in [9.17, 15) is 0 Å². The fourth-order valence-electron chi connectivity index (χ4n) is 10.5. The second-order valence-corrected chi connectivity index (χ2v) is 15.9. The number of anilines is 3. The van der Waals surface area contributed by atoms with Gasteiger partial charge in [-0.2, -0.15) is 0 Å². The minimum absolute atomic E-state index is 0.0279. The molecule has 258 valence electrons. The van der Waals surface area contributed by atoms with Crippen LogP contribution >= 0.6 is 0 Å². The normalized spacial score (nSPS) is 19.3. The molecule has 11 rings (SSSR count). The van der Waals surface area contributed by atoms with Crippen molar-refractivity contribution in [3.63, 3.8) is 0 Å². The van der Waals surface area contributed by atoms with E-state index in [-0.39, 0.29) is 5.41 Å². The van der Waals surface area contributed by atoms with E-state index in [0.717, 1.165) is 24.9 Å². The van der Waals surface area contributed by atoms with Crippen molar-refractivity contribution in [2.24, 2.45) is 0 Å². The summed E-state index contributed by atoms with van der Waals surface area (Å²) in [6.07, 6.45) is 17.1. The smallest absolute Gasteiger partial charge is 0.0723 e. The summed E-state index contributed by atoms with van der Waals surface area (Å²) in [4.78, 5) is 2.54. The molecule has 0 amide bonds. The van der Waals surface area contributed by atoms with Gasteiger partial charge in [0.1, 0.15) is 0 Å². The van der Waals surface area contributed by atoms with Gasteiger partial charge in [-0.3, -0.25) is 0 Å². The molecule has 54 heavy (non-hydrogen) atoms. The number of rotatable bonds is 4. The first kappa shape index (κ1) is 31.4. The number of nitrogens with zero attached hydrogens (tertiary/aromatic N) is 1. The summed E-state index contributed by atoms with van der Waals surface area (Å²) in [7, 11) is 0. The second-order valence-electron chi connectivity index (χ2n) is 15.9. The van der Waals surface area contributed by atoms with Crippen molar-refractivity contribution in [2.45, 2.75) is 43.9 Å². The van der Waals surface area contributed by atoms with Gasteiger partial charge < -0.3 is 4.90 Å². The van der Waals surface area contributed by atoms with Gasteiger partial charge in [-0.1, -0.05) is 165 Å². The summed E-state index contributed by atoms with van der Waals surface area (Å²) in [5, 5.41) is 0. The summed E-state index contributed by atoms with van der Waals surface area (Å²) >= 11 is 0. The van der Waals surface area contributed by atoms with Crippen molar-refractivity contribution < 1.29 is 0 Å². The Bertz CT molecular complexity index is 2690. The maximum atomic E-state index is 2.54. The number of benzene rings is 6. The van der Waals surface area contributed by atoms with Crippen LogP contribution in [0.1, 0.15) is 66.5 Å². The molecule has 0 radical (unpaired) electrons. The van der Waals surface area contributed by atoms with E-state index in [0.29, 0.717) is 0 Å². The molecule has 1 heteroatoms. The first-order valence-corrected chi connectivity index (χ1v) is 19.5. The van der Waals surface area contributed by atoms with Crippen LogP contribution in [0.25, 0.3) is 33.4 Å². The molecule has 0 heterocycles. The summed E-state index contributed by atoms with van der Waals surface area (Å²) in [5.41, 5.74) is 22.3. The Hall–Kier alpha value is -6.18. The molecule has 0 bridgehead atoms. The first-order valence-electron chi connectivity index (χ1n) is 19.5. The average molecular weight is 692 g/mol. The zero-order valence-electron chi connectivity index (χ0n) is 30.8. The van der Waals surface area contributed by atoms with Crippen LogP contribution in [0.4, 0.5) is 17.1 Å². The molecular formula is C53H41N. The molecule has 1 atom stereocenters. The minimum atomic E-state index is -0.394. The van der Waals surface area contributed by atoms with Crippen molar-refractivity contribution in [2.75, 3.05) is 4.90 Å². The first-order chi connectivity index (χ1) is 26.6. The van der Waals surface area contributed by atoms with Crippen LogP contribution in [0.5, 0.6) is 0 Å². The van der Waals surface area contributed by atoms with E-state index in [1.807, 2.05) is 0 Å². The molecular weight excluding hydrogens is 651 g/mol. The van der Waals surface area contributed by atoms with E-state index in [1.165, 1.54) is 83.7 Å². The van der Waals surface area contributed by atoms with Gasteiger partial charge in [-0.25, -0.2) is 0 Å². The van der Waals surface area contributed by atoms with Crippen molar-refractivity contribution in [1.29, 1.82) is 0 Å². The average Bonchev–Trinajstić information content (AvgIpc) is 3.65. The molecule has 0 saturated carbocycles. The number of hydrogen-bond donors (Lipinski definition) is 0. The highest BCUT2D eigenvalue weighted by Crippen LogP contribution is 2.65. The lowest BCUT2D eigenvalue weighted by molar-refractivity contribution is 0.607. The summed E-state index contributed by atoms with van der Waals surface area (Å²) in [5.74, 6) is 0. The highest BCUT2D eigenvalue weighted by Gasteiger charge is 2.53. The maximum absolute atomic E-state index is 2.54. The van der Waals surface area contributed by atoms with Gasteiger partial charge in [-0.15, -0.1) is 0 Å². The van der Waals surface area contributed by atoms with Crippen LogP contribution in [0.2, 0.25) is 0 Å². The summed E-state index contributed by atoms with van der Waals surface area (Å²) in [6, 6.07) is 52.6. The van der Waals surface area contributed by atoms with Gasteiger partial charge in [0.2, 0.25) is 0 Å². The van der Waals surface area contributed by atoms with Crippen molar-refractivity contribution in [3.05, 3.63) is 221 Å². The van der Waals surface area contributed by atoms with E-state index in [2.05, 4.69) is 195 Å². The Labute approximate surface area is 318 Å². The Morgan fingerprint density at radius 1 is 0.537 bits per heavy atom. The summed E-state index contributed by atoms with van der Waals surface area (Å²) < 4.78 is 0. The lowest BCUT2D eigenvalue weighted by atomic mass is 9.69.